The van der Waals surface area contributed by atoms with E-state index in [1.54, 1.807) is 30.3 Å². The van der Waals surface area contributed by atoms with Gasteiger partial charge in [-0.3, -0.25) is 0 Å². The van der Waals surface area contributed by atoms with Gasteiger partial charge in [-0.1, -0.05) is 26.0 Å². The van der Waals surface area contributed by atoms with Crippen LogP contribution in [-0.2, 0) is 0 Å². The number of nitrogens with zero attached hydrogens (tertiary/aromatic N) is 2. The van der Waals surface area contributed by atoms with Crippen molar-refractivity contribution in [2.75, 3.05) is 24.0 Å². The minimum absolute atomic E-state index is 0.0750. The molecule has 1 aliphatic rings. The smallest absolute Gasteiger partial charge is 0.454 e. The highest BCUT2D eigenvalue weighted by Crippen LogP contribution is 2.35. The third-order valence-electron chi connectivity index (χ3n) is 5.05. The Hall–Kier alpha value is -3.73. The minimum Gasteiger partial charge on any atom is -0.454 e. The van der Waals surface area contributed by atoms with E-state index in [2.05, 4.69) is 25.3 Å². The summed E-state index contributed by atoms with van der Waals surface area (Å²) in [6.45, 7) is 3.85. The number of hydrogen-bond acceptors (Lipinski definition) is 8. The van der Waals surface area contributed by atoms with Crippen LogP contribution in [0.5, 0.6) is 17.2 Å². The highest BCUT2D eigenvalue weighted by molar-refractivity contribution is 5.69. The first-order valence-electron chi connectivity index (χ1n) is 10.5. The third-order valence-corrected chi connectivity index (χ3v) is 5.05. The van der Waals surface area contributed by atoms with E-state index < -0.39 is 6.36 Å². The number of nitrogens with one attached hydrogen (secondary N) is 2. The van der Waals surface area contributed by atoms with Gasteiger partial charge >= 0.3 is 6.36 Å². The third kappa shape index (κ3) is 5.79. The Kier molecular flexibility index (Phi) is 6.64. The van der Waals surface area contributed by atoms with Crippen molar-refractivity contribution in [2.45, 2.75) is 26.3 Å². The van der Waals surface area contributed by atoms with Gasteiger partial charge in [-0.2, -0.15) is 4.98 Å². The van der Waals surface area contributed by atoms with Crippen LogP contribution in [-0.4, -0.2) is 40.9 Å². The van der Waals surface area contributed by atoms with Crippen molar-refractivity contribution in [3.8, 4) is 28.5 Å². The van der Waals surface area contributed by atoms with E-state index >= 15 is 0 Å². The number of hydrogen-bond donors (Lipinski definition) is 3. The highest BCUT2D eigenvalue weighted by atomic mass is 19.4. The molecule has 8 nitrogen and oxygen atoms in total. The summed E-state index contributed by atoms with van der Waals surface area (Å²) < 4.78 is 52.8. The van der Waals surface area contributed by atoms with E-state index in [1.165, 1.54) is 18.2 Å². The number of anilines is 3. The molecule has 1 aliphatic heterocycles. The lowest BCUT2D eigenvalue weighted by molar-refractivity contribution is -0.274. The maximum atomic E-state index is 12.7. The van der Waals surface area contributed by atoms with E-state index in [1.807, 2.05) is 13.8 Å². The number of aromatic nitrogens is 2. The maximum absolute atomic E-state index is 12.7. The predicted octanol–water partition coefficient (Wildman–Crippen LogP) is 4.94. The van der Waals surface area contributed by atoms with Gasteiger partial charge in [0.25, 0.3) is 0 Å². The van der Waals surface area contributed by atoms with Crippen LogP contribution in [0.2, 0.25) is 0 Å². The normalized spacial score (nSPS) is 13.6. The fraction of sp³-hybridized carbons (Fsp3) is 0.304. The minimum atomic E-state index is -4.81. The van der Waals surface area contributed by atoms with Crippen LogP contribution >= 0.6 is 0 Å². The van der Waals surface area contributed by atoms with Crippen LogP contribution in [0.25, 0.3) is 11.3 Å². The van der Waals surface area contributed by atoms with Crippen LogP contribution < -0.4 is 24.8 Å². The summed E-state index contributed by atoms with van der Waals surface area (Å²) in [5, 5.41) is 15.9. The molecule has 0 aliphatic carbocycles. The highest BCUT2D eigenvalue weighted by Gasteiger charge is 2.31. The van der Waals surface area contributed by atoms with Gasteiger partial charge in [-0.15, -0.1) is 13.2 Å². The second-order valence-electron chi connectivity index (χ2n) is 7.91. The molecular formula is C23H23F3N4O4. The Balaban J connectivity index is 1.69. The van der Waals surface area contributed by atoms with E-state index in [-0.39, 0.29) is 37.1 Å². The number of fused-ring (bicyclic) bond motifs is 1. The van der Waals surface area contributed by atoms with E-state index in [0.717, 1.165) is 0 Å². The summed E-state index contributed by atoms with van der Waals surface area (Å²) in [5.74, 6) is 1.50. The second-order valence-corrected chi connectivity index (χ2v) is 7.91. The van der Waals surface area contributed by atoms with Gasteiger partial charge in [0, 0.05) is 23.4 Å². The molecule has 3 N–H and O–H groups in total. The number of alkyl halides is 3. The van der Waals surface area contributed by atoms with Crippen LogP contribution in [0.3, 0.4) is 0 Å². The largest absolute Gasteiger partial charge is 0.573 e. The molecule has 2 aromatic carbocycles. The summed E-state index contributed by atoms with van der Waals surface area (Å²) >= 11 is 0. The van der Waals surface area contributed by atoms with Gasteiger partial charge in [0.2, 0.25) is 12.7 Å². The maximum Gasteiger partial charge on any atom is 0.573 e. The van der Waals surface area contributed by atoms with Crippen molar-refractivity contribution in [2.24, 2.45) is 5.92 Å². The molecule has 3 aromatic rings. The van der Waals surface area contributed by atoms with E-state index in [4.69, 9.17) is 9.47 Å². The Bertz CT molecular complexity index is 1160. The van der Waals surface area contributed by atoms with Crippen LogP contribution in [0.15, 0.2) is 48.5 Å². The number of benzene rings is 2. The molecule has 4 rings (SSSR count). The number of halogens is 3. The summed E-state index contributed by atoms with van der Waals surface area (Å²) in [4.78, 5) is 8.93. The SMILES string of the molecule is CC(C)[C@H](CO)Nc1nc(Nc2ccc3c(c2)OCO3)cc(-c2cccc(OC(F)(F)F)c2)n1. The number of aliphatic hydroxyl groups is 1. The Morgan fingerprint density at radius 3 is 2.59 bits per heavy atom. The van der Waals surface area contributed by atoms with Crippen molar-refractivity contribution in [3.63, 3.8) is 0 Å². The van der Waals surface area contributed by atoms with Gasteiger partial charge < -0.3 is 30.0 Å². The number of ether oxygens (including phenoxy) is 3. The quantitative estimate of drug-likeness (QED) is 0.421. The summed E-state index contributed by atoms with van der Waals surface area (Å²) in [6, 6.07) is 12.1. The van der Waals surface area contributed by atoms with Gasteiger partial charge in [0.1, 0.15) is 11.6 Å². The standard InChI is InChI=1S/C23H23F3N4O4/c1-13(2)18(11-31)29-22-28-17(14-4-3-5-16(8-14)34-23(24,25)26)10-21(30-22)27-15-6-7-19-20(9-15)33-12-32-19/h3-10,13,18,31H,11-12H2,1-2H3,(H2,27,28,29,30)/t18-/m0/s1. The molecule has 1 aromatic heterocycles. The summed E-state index contributed by atoms with van der Waals surface area (Å²) in [5.41, 5.74) is 1.41. The van der Waals surface area contributed by atoms with Crippen molar-refractivity contribution in [1.29, 1.82) is 0 Å². The number of rotatable bonds is 8. The lowest BCUT2D eigenvalue weighted by Gasteiger charge is -2.21. The second kappa shape index (κ2) is 9.64. The zero-order valence-electron chi connectivity index (χ0n) is 18.4. The molecule has 11 heteroatoms. The van der Waals surface area contributed by atoms with E-state index in [9.17, 15) is 18.3 Å². The van der Waals surface area contributed by atoms with Crippen molar-refractivity contribution >= 4 is 17.5 Å². The molecule has 180 valence electrons. The van der Waals surface area contributed by atoms with Crippen LogP contribution in [0, 0.1) is 5.92 Å². The average molecular weight is 476 g/mol. The van der Waals surface area contributed by atoms with Crippen LogP contribution in [0.1, 0.15) is 13.8 Å². The molecule has 0 spiro atoms. The monoisotopic (exact) mass is 476 g/mol. The summed E-state index contributed by atoms with van der Waals surface area (Å²) in [7, 11) is 0. The first kappa shape index (κ1) is 23.4. The van der Waals surface area contributed by atoms with Crippen molar-refractivity contribution < 1.29 is 32.5 Å². The fourth-order valence-corrected chi connectivity index (χ4v) is 3.29. The molecule has 0 saturated heterocycles. The Labute approximate surface area is 193 Å². The lowest BCUT2D eigenvalue weighted by atomic mass is 10.1. The molecule has 0 fully saturated rings. The molecule has 1 atom stereocenters. The lowest BCUT2D eigenvalue weighted by Crippen LogP contribution is -2.30. The van der Waals surface area contributed by atoms with Gasteiger partial charge in [-0.25, -0.2) is 4.98 Å². The molecule has 2 heterocycles. The zero-order valence-corrected chi connectivity index (χ0v) is 18.4. The van der Waals surface area contributed by atoms with Crippen LogP contribution in [0.4, 0.5) is 30.6 Å². The van der Waals surface area contributed by atoms with Gasteiger partial charge in [0.15, 0.2) is 11.5 Å². The topological polar surface area (TPSA) is 97.8 Å². The molecular weight excluding hydrogens is 453 g/mol. The average Bonchev–Trinajstić information content (AvgIpc) is 3.24. The molecule has 0 unspecified atom stereocenters. The van der Waals surface area contributed by atoms with Gasteiger partial charge in [-0.05, 0) is 30.2 Å². The molecule has 0 radical (unpaired) electrons. The number of aliphatic hydroxyl groups excluding tert-OH is 1. The Morgan fingerprint density at radius 1 is 1.06 bits per heavy atom. The fourth-order valence-electron chi connectivity index (χ4n) is 3.29. The molecule has 0 saturated carbocycles. The zero-order chi connectivity index (χ0) is 24.3. The van der Waals surface area contributed by atoms with Crippen molar-refractivity contribution in [3.05, 3.63) is 48.5 Å². The summed E-state index contributed by atoms with van der Waals surface area (Å²) in [6.07, 6.45) is -4.81. The Morgan fingerprint density at radius 2 is 1.85 bits per heavy atom. The first-order chi connectivity index (χ1) is 16.2. The molecule has 0 amide bonds. The van der Waals surface area contributed by atoms with E-state index in [0.29, 0.717) is 34.3 Å². The van der Waals surface area contributed by atoms with Gasteiger partial charge in [0.05, 0.1) is 18.3 Å². The predicted molar refractivity (Wildman–Crippen MR) is 119 cm³/mol. The van der Waals surface area contributed by atoms with Crippen molar-refractivity contribution in [1.82, 2.24) is 9.97 Å². The first-order valence-corrected chi connectivity index (χ1v) is 10.5. The molecule has 0 bridgehead atoms. The molecule has 34 heavy (non-hydrogen) atoms.